The number of carbonyl (C=O) groups is 3. The molecular weight excluding hydrogens is 504 g/mol. The smallest absolute Gasteiger partial charge is 0.355 e. The van der Waals surface area contributed by atoms with Crippen LogP contribution < -0.4 is 10.6 Å². The SMILES string of the molecule is CC(C)[C@@H](NC(=O)c1cc(C(F)(F)F)ccc1F)C(=O)N1CCC2(CC1)CC(=O)NCC2c1cccnc1. The Kier molecular flexibility index (Phi) is 7.75. The normalized spacial score (nSPS) is 20.2. The van der Waals surface area contributed by atoms with Crippen LogP contribution in [0.5, 0.6) is 0 Å². The van der Waals surface area contributed by atoms with E-state index in [1.54, 1.807) is 31.1 Å². The quantitative estimate of drug-likeness (QED) is 0.570. The minimum atomic E-state index is -4.75. The van der Waals surface area contributed by atoms with Crippen LogP contribution in [0, 0.1) is 17.2 Å². The number of rotatable bonds is 5. The van der Waals surface area contributed by atoms with Crippen molar-refractivity contribution in [2.45, 2.75) is 51.2 Å². The van der Waals surface area contributed by atoms with Crippen LogP contribution in [0.1, 0.15) is 60.5 Å². The molecule has 7 nitrogen and oxygen atoms in total. The molecule has 2 aliphatic heterocycles. The zero-order valence-corrected chi connectivity index (χ0v) is 21.1. The lowest BCUT2D eigenvalue weighted by molar-refractivity contribution is -0.139. The van der Waals surface area contributed by atoms with Crippen molar-refractivity contribution in [3.8, 4) is 0 Å². The van der Waals surface area contributed by atoms with E-state index in [2.05, 4.69) is 15.6 Å². The minimum Gasteiger partial charge on any atom is -0.355 e. The van der Waals surface area contributed by atoms with Gasteiger partial charge in [0.15, 0.2) is 0 Å². The van der Waals surface area contributed by atoms with Crippen molar-refractivity contribution < 1.29 is 31.9 Å². The van der Waals surface area contributed by atoms with Crippen LogP contribution in [0.15, 0.2) is 42.7 Å². The number of aromatic nitrogens is 1. The molecule has 2 saturated heterocycles. The van der Waals surface area contributed by atoms with Gasteiger partial charge in [-0.05, 0) is 54.0 Å². The molecule has 0 radical (unpaired) electrons. The number of alkyl halides is 3. The van der Waals surface area contributed by atoms with Crippen molar-refractivity contribution in [2.75, 3.05) is 19.6 Å². The predicted molar refractivity (Wildman–Crippen MR) is 130 cm³/mol. The molecule has 1 spiro atoms. The van der Waals surface area contributed by atoms with E-state index in [0.717, 1.165) is 5.56 Å². The largest absolute Gasteiger partial charge is 0.416 e. The van der Waals surface area contributed by atoms with Gasteiger partial charge in [-0.15, -0.1) is 0 Å². The molecule has 2 N–H and O–H groups in total. The molecule has 3 amide bonds. The number of benzene rings is 1. The van der Waals surface area contributed by atoms with Crippen molar-refractivity contribution in [3.63, 3.8) is 0 Å². The number of halogens is 4. The predicted octanol–water partition coefficient (Wildman–Crippen LogP) is 3.91. The molecule has 3 heterocycles. The zero-order chi connectivity index (χ0) is 27.7. The van der Waals surface area contributed by atoms with Crippen molar-refractivity contribution in [1.29, 1.82) is 0 Å². The highest BCUT2D eigenvalue weighted by Gasteiger charge is 2.47. The van der Waals surface area contributed by atoms with E-state index in [-0.39, 0.29) is 17.2 Å². The molecule has 0 aliphatic carbocycles. The summed E-state index contributed by atoms with van der Waals surface area (Å²) in [7, 11) is 0. The summed E-state index contributed by atoms with van der Waals surface area (Å²) in [5.41, 5.74) is -1.26. The molecule has 2 atom stereocenters. The van der Waals surface area contributed by atoms with E-state index in [1.165, 1.54) is 0 Å². The van der Waals surface area contributed by atoms with Crippen LogP contribution in [-0.4, -0.2) is 53.3 Å². The molecule has 1 aromatic carbocycles. The minimum absolute atomic E-state index is 0.0376. The Hall–Kier alpha value is -3.50. The molecule has 2 fully saturated rings. The lowest BCUT2D eigenvalue weighted by Gasteiger charge is -2.49. The standard InChI is InChI=1S/C27H30F4N4O3/c1-16(2)23(34-24(37)19-12-18(27(29,30)31)5-6-21(19)28)25(38)35-10-7-26(8-11-35)13-22(36)33-15-20(26)17-4-3-9-32-14-17/h3-6,9,12,14,16,20,23H,7-8,10-11,13,15H2,1-2H3,(H,33,36)(H,34,37)/t20?,23-/m1/s1. The summed E-state index contributed by atoms with van der Waals surface area (Å²) in [5.74, 6) is -3.00. The number of nitrogens with zero attached hydrogens (tertiary/aromatic N) is 2. The van der Waals surface area contributed by atoms with Gasteiger partial charge in [-0.1, -0.05) is 19.9 Å². The average molecular weight is 535 g/mol. The number of likely N-dealkylation sites (tertiary alicyclic amines) is 1. The molecular formula is C27H30F4N4O3. The number of piperidine rings is 2. The Bertz CT molecular complexity index is 1190. The van der Waals surface area contributed by atoms with E-state index in [1.807, 2.05) is 12.1 Å². The molecule has 4 rings (SSSR count). The maximum absolute atomic E-state index is 14.3. The molecule has 38 heavy (non-hydrogen) atoms. The van der Waals surface area contributed by atoms with Gasteiger partial charge in [0.25, 0.3) is 5.91 Å². The second kappa shape index (κ2) is 10.7. The van der Waals surface area contributed by atoms with E-state index in [0.29, 0.717) is 57.1 Å². The Morgan fingerprint density at radius 1 is 1.18 bits per heavy atom. The van der Waals surface area contributed by atoms with Gasteiger partial charge < -0.3 is 15.5 Å². The van der Waals surface area contributed by atoms with Crippen LogP contribution in [0.4, 0.5) is 17.6 Å². The fraction of sp³-hybridized carbons (Fsp3) is 0.481. The van der Waals surface area contributed by atoms with E-state index < -0.39 is 46.9 Å². The number of hydrogen-bond acceptors (Lipinski definition) is 4. The Morgan fingerprint density at radius 2 is 1.89 bits per heavy atom. The summed E-state index contributed by atoms with van der Waals surface area (Å²) < 4.78 is 53.5. The molecule has 1 aromatic heterocycles. The Labute approximate surface area is 218 Å². The second-order valence-corrected chi connectivity index (χ2v) is 10.4. The van der Waals surface area contributed by atoms with Crippen molar-refractivity contribution in [3.05, 3.63) is 65.2 Å². The van der Waals surface area contributed by atoms with Crippen LogP contribution in [0.25, 0.3) is 0 Å². The van der Waals surface area contributed by atoms with Gasteiger partial charge in [0.1, 0.15) is 11.9 Å². The van der Waals surface area contributed by atoms with Gasteiger partial charge in [-0.25, -0.2) is 4.39 Å². The molecule has 2 aromatic rings. The zero-order valence-electron chi connectivity index (χ0n) is 21.1. The topological polar surface area (TPSA) is 91.4 Å². The average Bonchev–Trinajstić information content (AvgIpc) is 2.87. The summed E-state index contributed by atoms with van der Waals surface area (Å²) in [6.07, 6.45) is 0.180. The first kappa shape index (κ1) is 27.5. The molecule has 0 saturated carbocycles. The van der Waals surface area contributed by atoms with Gasteiger partial charge in [0.05, 0.1) is 11.1 Å². The third-order valence-electron chi connectivity index (χ3n) is 7.67. The van der Waals surface area contributed by atoms with Gasteiger partial charge in [0.2, 0.25) is 11.8 Å². The summed E-state index contributed by atoms with van der Waals surface area (Å²) in [5, 5.41) is 5.38. The van der Waals surface area contributed by atoms with Gasteiger partial charge in [-0.3, -0.25) is 19.4 Å². The number of pyridine rings is 1. The third kappa shape index (κ3) is 5.66. The highest BCUT2D eigenvalue weighted by Crippen LogP contribution is 2.48. The fourth-order valence-corrected chi connectivity index (χ4v) is 5.49. The number of amides is 3. The van der Waals surface area contributed by atoms with E-state index in [4.69, 9.17) is 0 Å². The summed E-state index contributed by atoms with van der Waals surface area (Å²) >= 11 is 0. The first-order chi connectivity index (χ1) is 17.9. The van der Waals surface area contributed by atoms with E-state index in [9.17, 15) is 31.9 Å². The highest BCUT2D eigenvalue weighted by atomic mass is 19.4. The van der Waals surface area contributed by atoms with E-state index >= 15 is 0 Å². The van der Waals surface area contributed by atoms with Crippen molar-refractivity contribution in [1.82, 2.24) is 20.5 Å². The maximum Gasteiger partial charge on any atom is 0.416 e. The van der Waals surface area contributed by atoms with Crippen LogP contribution in [0.2, 0.25) is 0 Å². The summed E-state index contributed by atoms with van der Waals surface area (Å²) in [4.78, 5) is 44.4. The molecule has 2 aliphatic rings. The van der Waals surface area contributed by atoms with Crippen LogP contribution in [0.3, 0.4) is 0 Å². The second-order valence-electron chi connectivity index (χ2n) is 10.4. The van der Waals surface area contributed by atoms with Crippen molar-refractivity contribution >= 4 is 17.7 Å². The Morgan fingerprint density at radius 3 is 2.50 bits per heavy atom. The molecule has 0 bridgehead atoms. The van der Waals surface area contributed by atoms with Gasteiger partial charge in [0, 0.05) is 44.4 Å². The lowest BCUT2D eigenvalue weighted by atomic mass is 9.62. The Balaban J connectivity index is 1.48. The number of carbonyl (C=O) groups excluding carboxylic acids is 3. The third-order valence-corrected chi connectivity index (χ3v) is 7.67. The van der Waals surface area contributed by atoms with Crippen molar-refractivity contribution in [2.24, 2.45) is 11.3 Å². The number of hydrogen-bond donors (Lipinski definition) is 2. The van der Waals surface area contributed by atoms with Crippen LogP contribution >= 0.6 is 0 Å². The highest BCUT2D eigenvalue weighted by molar-refractivity contribution is 5.98. The first-order valence-corrected chi connectivity index (χ1v) is 12.5. The molecule has 11 heteroatoms. The van der Waals surface area contributed by atoms with Gasteiger partial charge >= 0.3 is 6.18 Å². The molecule has 204 valence electrons. The fourth-order valence-electron chi connectivity index (χ4n) is 5.49. The number of nitrogens with one attached hydrogen (secondary N) is 2. The first-order valence-electron chi connectivity index (χ1n) is 12.5. The van der Waals surface area contributed by atoms with Gasteiger partial charge in [-0.2, -0.15) is 13.2 Å². The monoisotopic (exact) mass is 534 g/mol. The lowest BCUT2D eigenvalue weighted by Crippen LogP contribution is -2.57. The molecule has 1 unspecified atom stereocenters. The summed E-state index contributed by atoms with van der Waals surface area (Å²) in [6.45, 7) is 4.56. The summed E-state index contributed by atoms with van der Waals surface area (Å²) in [6, 6.07) is 4.36. The maximum atomic E-state index is 14.3. The van der Waals surface area contributed by atoms with Crippen LogP contribution in [-0.2, 0) is 15.8 Å².